The van der Waals surface area contributed by atoms with Crippen LogP contribution < -0.4 is 20.1 Å². The summed E-state index contributed by atoms with van der Waals surface area (Å²) >= 11 is 7.96. The molecule has 0 unspecified atom stereocenters. The summed E-state index contributed by atoms with van der Waals surface area (Å²) < 4.78 is 11.1. The van der Waals surface area contributed by atoms with E-state index in [4.69, 9.17) is 21.1 Å². The lowest BCUT2D eigenvalue weighted by molar-refractivity contribution is 0.171. The summed E-state index contributed by atoms with van der Waals surface area (Å²) in [5, 5.41) is 8.15. The normalized spacial score (nSPS) is 13.7. The minimum atomic E-state index is 0.524. The number of hydrogen-bond acceptors (Lipinski definition) is 5. The molecule has 1 aromatic heterocycles. The third-order valence-corrected chi connectivity index (χ3v) is 5.17. The van der Waals surface area contributed by atoms with E-state index in [0.717, 1.165) is 16.3 Å². The topological polar surface area (TPSA) is 67.8 Å². The Hall–Kier alpha value is -1.99. The van der Waals surface area contributed by atoms with Crippen LogP contribution in [0.3, 0.4) is 0 Å². The zero-order valence-corrected chi connectivity index (χ0v) is 16.1. The third-order valence-electron chi connectivity index (χ3n) is 3.82. The van der Waals surface area contributed by atoms with Crippen LogP contribution in [0.4, 0.5) is 0 Å². The van der Waals surface area contributed by atoms with E-state index in [1.165, 1.54) is 4.88 Å². The van der Waals surface area contributed by atoms with Gasteiger partial charge in [-0.3, -0.25) is 4.99 Å². The van der Waals surface area contributed by atoms with Gasteiger partial charge in [0.1, 0.15) is 18.2 Å². The molecule has 134 valence electrons. The summed E-state index contributed by atoms with van der Waals surface area (Å²) in [7, 11) is 1.74. The van der Waals surface area contributed by atoms with E-state index in [2.05, 4.69) is 27.5 Å². The first-order chi connectivity index (χ1) is 12.1. The fraction of sp³-hybridized carbons (Fsp3) is 0.412. The highest BCUT2D eigenvalue weighted by molar-refractivity contribution is 7.11. The number of aliphatic imine (C=N–C) groups is 1. The van der Waals surface area contributed by atoms with Gasteiger partial charge in [0.15, 0.2) is 17.5 Å². The van der Waals surface area contributed by atoms with Crippen molar-refractivity contribution in [2.45, 2.75) is 26.9 Å². The molecule has 0 aliphatic carbocycles. The molecule has 0 atom stereocenters. The van der Waals surface area contributed by atoms with Crippen molar-refractivity contribution in [2.75, 3.05) is 20.3 Å². The molecule has 1 aromatic carbocycles. The molecule has 2 aromatic rings. The molecule has 6 nitrogen and oxygen atoms in total. The Bertz CT molecular complexity index is 772. The maximum Gasteiger partial charge on any atom is 0.191 e. The van der Waals surface area contributed by atoms with Crippen LogP contribution >= 0.6 is 22.9 Å². The molecule has 1 aliphatic heterocycles. The number of thiazole rings is 1. The average molecular weight is 381 g/mol. The summed E-state index contributed by atoms with van der Waals surface area (Å²) in [6.07, 6.45) is 0. The molecule has 2 heterocycles. The summed E-state index contributed by atoms with van der Waals surface area (Å²) in [4.78, 5) is 10.0. The highest BCUT2D eigenvalue weighted by atomic mass is 35.5. The lowest BCUT2D eigenvalue weighted by Gasteiger charge is -2.20. The van der Waals surface area contributed by atoms with Crippen molar-refractivity contribution < 1.29 is 9.47 Å². The van der Waals surface area contributed by atoms with Gasteiger partial charge in [-0.2, -0.15) is 0 Å². The first kappa shape index (κ1) is 17.8. The van der Waals surface area contributed by atoms with Crippen LogP contribution in [0.2, 0.25) is 5.02 Å². The Morgan fingerprint density at radius 2 is 2.00 bits per heavy atom. The third kappa shape index (κ3) is 4.35. The number of aromatic nitrogens is 1. The van der Waals surface area contributed by atoms with Crippen molar-refractivity contribution in [2.24, 2.45) is 4.99 Å². The van der Waals surface area contributed by atoms with Crippen molar-refractivity contribution in [3.8, 4) is 11.5 Å². The van der Waals surface area contributed by atoms with Crippen LogP contribution in [-0.4, -0.2) is 31.2 Å². The Kier molecular flexibility index (Phi) is 5.65. The summed E-state index contributed by atoms with van der Waals surface area (Å²) in [5.74, 6) is 2.01. The molecule has 0 radical (unpaired) electrons. The number of guanidine groups is 1. The van der Waals surface area contributed by atoms with E-state index in [0.29, 0.717) is 48.8 Å². The van der Waals surface area contributed by atoms with Gasteiger partial charge in [0.05, 0.1) is 17.3 Å². The average Bonchev–Trinajstić information content (AvgIpc) is 2.93. The zero-order valence-electron chi connectivity index (χ0n) is 14.5. The van der Waals surface area contributed by atoms with Gasteiger partial charge in [-0.15, -0.1) is 11.3 Å². The maximum atomic E-state index is 6.27. The Balaban J connectivity index is 1.58. The van der Waals surface area contributed by atoms with Crippen molar-refractivity contribution in [3.05, 3.63) is 38.3 Å². The van der Waals surface area contributed by atoms with Crippen LogP contribution in [0.1, 0.15) is 21.1 Å². The number of hydrogen-bond donors (Lipinski definition) is 2. The number of nitrogens with zero attached hydrogens (tertiary/aromatic N) is 2. The SMILES string of the molecule is CN=C(NCc1cc(Cl)c2c(c1)OCCO2)NCc1nc(C)c(C)s1. The molecule has 0 saturated heterocycles. The molecule has 1 aliphatic rings. The molecule has 8 heteroatoms. The van der Waals surface area contributed by atoms with E-state index < -0.39 is 0 Å². The van der Waals surface area contributed by atoms with Crippen molar-refractivity contribution in [1.29, 1.82) is 0 Å². The first-order valence-corrected chi connectivity index (χ1v) is 9.21. The second-order valence-corrected chi connectivity index (χ2v) is 7.33. The maximum absolute atomic E-state index is 6.27. The minimum Gasteiger partial charge on any atom is -0.486 e. The van der Waals surface area contributed by atoms with Gasteiger partial charge < -0.3 is 20.1 Å². The fourth-order valence-electron chi connectivity index (χ4n) is 2.45. The van der Waals surface area contributed by atoms with E-state index in [-0.39, 0.29) is 0 Å². The fourth-order valence-corrected chi connectivity index (χ4v) is 3.61. The Morgan fingerprint density at radius 1 is 1.24 bits per heavy atom. The molecule has 25 heavy (non-hydrogen) atoms. The molecule has 0 fully saturated rings. The summed E-state index contributed by atoms with van der Waals surface area (Å²) in [6, 6.07) is 3.82. The first-order valence-electron chi connectivity index (χ1n) is 8.02. The molecule has 0 amide bonds. The minimum absolute atomic E-state index is 0.524. The predicted octanol–water partition coefficient (Wildman–Crippen LogP) is 3.05. The van der Waals surface area contributed by atoms with Crippen LogP contribution in [0.5, 0.6) is 11.5 Å². The predicted molar refractivity (Wildman–Crippen MR) is 101 cm³/mol. The van der Waals surface area contributed by atoms with Gasteiger partial charge >= 0.3 is 0 Å². The number of aryl methyl sites for hydroxylation is 2. The molecule has 2 N–H and O–H groups in total. The number of halogens is 1. The van der Waals surface area contributed by atoms with Crippen LogP contribution in [-0.2, 0) is 13.1 Å². The van der Waals surface area contributed by atoms with Crippen molar-refractivity contribution in [3.63, 3.8) is 0 Å². The standard InChI is InChI=1S/C17H21ClN4O2S/c1-10-11(2)25-15(22-10)9-21-17(19-3)20-8-12-6-13(18)16-14(7-12)23-4-5-24-16/h6-7H,4-5,8-9H2,1-3H3,(H2,19,20,21). The van der Waals surface area contributed by atoms with E-state index in [1.807, 2.05) is 19.1 Å². The number of nitrogens with one attached hydrogen (secondary N) is 2. The highest BCUT2D eigenvalue weighted by Crippen LogP contribution is 2.38. The molecule has 0 saturated carbocycles. The zero-order chi connectivity index (χ0) is 17.8. The van der Waals surface area contributed by atoms with E-state index in [1.54, 1.807) is 18.4 Å². The van der Waals surface area contributed by atoms with Crippen LogP contribution in [0.25, 0.3) is 0 Å². The van der Waals surface area contributed by atoms with Gasteiger partial charge in [0, 0.05) is 18.5 Å². The monoisotopic (exact) mass is 380 g/mol. The van der Waals surface area contributed by atoms with Gasteiger partial charge in [-0.05, 0) is 31.5 Å². The quantitative estimate of drug-likeness (QED) is 0.630. The van der Waals surface area contributed by atoms with E-state index >= 15 is 0 Å². The molecule has 0 bridgehead atoms. The summed E-state index contributed by atoms with van der Waals surface area (Å²) in [5.41, 5.74) is 2.08. The Morgan fingerprint density at radius 3 is 2.72 bits per heavy atom. The van der Waals surface area contributed by atoms with Gasteiger partial charge in [0.2, 0.25) is 0 Å². The van der Waals surface area contributed by atoms with Crippen LogP contribution in [0, 0.1) is 13.8 Å². The summed E-state index contributed by atoms with van der Waals surface area (Å²) in [6.45, 7) is 6.38. The lowest BCUT2D eigenvalue weighted by atomic mass is 10.2. The van der Waals surface area contributed by atoms with Crippen LogP contribution in [0.15, 0.2) is 17.1 Å². The number of benzene rings is 1. The van der Waals surface area contributed by atoms with Gasteiger partial charge in [0.25, 0.3) is 0 Å². The molecule has 3 rings (SSSR count). The lowest BCUT2D eigenvalue weighted by Crippen LogP contribution is -2.36. The molecular formula is C17H21ClN4O2S. The number of ether oxygens (including phenoxy) is 2. The van der Waals surface area contributed by atoms with Crippen molar-refractivity contribution >= 4 is 28.9 Å². The Labute approximate surface area is 156 Å². The van der Waals surface area contributed by atoms with Gasteiger partial charge in [-0.25, -0.2) is 4.98 Å². The number of fused-ring (bicyclic) bond motifs is 1. The molecule has 0 spiro atoms. The highest BCUT2D eigenvalue weighted by Gasteiger charge is 2.16. The van der Waals surface area contributed by atoms with E-state index in [9.17, 15) is 0 Å². The smallest absolute Gasteiger partial charge is 0.191 e. The largest absolute Gasteiger partial charge is 0.486 e. The molecular weight excluding hydrogens is 360 g/mol. The van der Waals surface area contributed by atoms with Gasteiger partial charge in [-0.1, -0.05) is 11.6 Å². The second-order valence-electron chi connectivity index (χ2n) is 5.63. The number of rotatable bonds is 4. The van der Waals surface area contributed by atoms with Crippen molar-refractivity contribution in [1.82, 2.24) is 15.6 Å². The second kappa shape index (κ2) is 7.93.